The van der Waals surface area contributed by atoms with Gasteiger partial charge in [0.15, 0.2) is 0 Å². The Labute approximate surface area is 95.3 Å². The number of carbonyl (C=O) groups excluding carboxylic acids is 2. The molecule has 0 bridgehead atoms. The van der Waals surface area contributed by atoms with Gasteiger partial charge >= 0.3 is 6.03 Å². The molecule has 16 heavy (non-hydrogen) atoms. The second-order valence-corrected chi connectivity index (χ2v) is 4.98. The molecule has 0 aromatic rings. The average molecular weight is 225 g/mol. The summed E-state index contributed by atoms with van der Waals surface area (Å²) in [6, 6.07) is -0.243. The molecule has 90 valence electrons. The lowest BCUT2D eigenvalue weighted by molar-refractivity contribution is -0.131. The van der Waals surface area contributed by atoms with E-state index in [0.717, 1.165) is 25.7 Å². The highest BCUT2D eigenvalue weighted by molar-refractivity contribution is 6.07. The zero-order valence-corrected chi connectivity index (χ0v) is 9.66. The molecule has 3 N–H and O–H groups in total. The summed E-state index contributed by atoms with van der Waals surface area (Å²) >= 11 is 0. The molecule has 2 aliphatic rings. The van der Waals surface area contributed by atoms with Crippen molar-refractivity contribution >= 4 is 11.9 Å². The highest BCUT2D eigenvalue weighted by Gasteiger charge is 2.52. The highest BCUT2D eigenvalue weighted by atomic mass is 16.2. The molecule has 0 aromatic carbocycles. The average Bonchev–Trinajstić information content (AvgIpc) is 2.81. The van der Waals surface area contributed by atoms with Crippen molar-refractivity contribution in [3.8, 4) is 0 Å². The van der Waals surface area contributed by atoms with Crippen LogP contribution in [0.2, 0.25) is 0 Å². The predicted octanol–water partition coefficient (Wildman–Crippen LogP) is 0.446. The molecule has 1 aliphatic carbocycles. The van der Waals surface area contributed by atoms with Gasteiger partial charge in [0.1, 0.15) is 5.54 Å². The van der Waals surface area contributed by atoms with Crippen LogP contribution in [0.3, 0.4) is 0 Å². The largest absolute Gasteiger partial charge is 0.330 e. The first-order valence-corrected chi connectivity index (χ1v) is 5.93. The Balaban J connectivity index is 2.10. The summed E-state index contributed by atoms with van der Waals surface area (Å²) < 4.78 is 0. The van der Waals surface area contributed by atoms with E-state index in [2.05, 4.69) is 5.32 Å². The monoisotopic (exact) mass is 225 g/mol. The van der Waals surface area contributed by atoms with Crippen LogP contribution in [-0.4, -0.2) is 35.5 Å². The predicted molar refractivity (Wildman–Crippen MR) is 59.7 cm³/mol. The van der Waals surface area contributed by atoms with Crippen molar-refractivity contribution in [2.75, 3.05) is 13.1 Å². The Kier molecular flexibility index (Phi) is 2.88. The van der Waals surface area contributed by atoms with Crippen LogP contribution >= 0.6 is 0 Å². The first-order chi connectivity index (χ1) is 7.59. The molecule has 2 rings (SSSR count). The normalized spacial score (nSPS) is 25.2. The summed E-state index contributed by atoms with van der Waals surface area (Å²) in [4.78, 5) is 25.3. The fourth-order valence-corrected chi connectivity index (χ4v) is 2.55. The standard InChI is InChI=1S/C11H19N3O2/c1-8(6-12)7-14-9(15)11(13-10(14)16)4-2-3-5-11/h8H,2-7,12H2,1H3,(H,13,16). The third-order valence-electron chi connectivity index (χ3n) is 3.60. The summed E-state index contributed by atoms with van der Waals surface area (Å²) in [5.41, 5.74) is 4.94. The second kappa shape index (κ2) is 4.05. The number of carbonyl (C=O) groups is 2. The molecule has 5 nitrogen and oxygen atoms in total. The Morgan fingerprint density at radius 1 is 1.44 bits per heavy atom. The van der Waals surface area contributed by atoms with Gasteiger partial charge in [0.25, 0.3) is 5.91 Å². The summed E-state index contributed by atoms with van der Waals surface area (Å²) in [7, 11) is 0. The van der Waals surface area contributed by atoms with Gasteiger partial charge in [0.2, 0.25) is 0 Å². The van der Waals surface area contributed by atoms with E-state index in [-0.39, 0.29) is 17.9 Å². The zero-order chi connectivity index (χ0) is 11.8. The van der Waals surface area contributed by atoms with Crippen LogP contribution in [-0.2, 0) is 4.79 Å². The van der Waals surface area contributed by atoms with Crippen LogP contribution in [0.4, 0.5) is 4.79 Å². The third-order valence-corrected chi connectivity index (χ3v) is 3.60. The van der Waals surface area contributed by atoms with Crippen molar-refractivity contribution < 1.29 is 9.59 Å². The number of amides is 3. The zero-order valence-electron chi connectivity index (χ0n) is 9.66. The van der Waals surface area contributed by atoms with E-state index in [4.69, 9.17) is 5.73 Å². The Morgan fingerprint density at radius 3 is 2.62 bits per heavy atom. The van der Waals surface area contributed by atoms with Gasteiger partial charge in [-0.3, -0.25) is 9.69 Å². The van der Waals surface area contributed by atoms with E-state index in [9.17, 15) is 9.59 Å². The van der Waals surface area contributed by atoms with Gasteiger partial charge in [-0.05, 0) is 25.3 Å². The second-order valence-electron chi connectivity index (χ2n) is 4.98. The number of urea groups is 1. The quantitative estimate of drug-likeness (QED) is 0.685. The van der Waals surface area contributed by atoms with Gasteiger partial charge in [-0.25, -0.2) is 4.79 Å². The van der Waals surface area contributed by atoms with Crippen molar-refractivity contribution in [3.63, 3.8) is 0 Å². The molecule has 3 amide bonds. The number of hydrogen-bond acceptors (Lipinski definition) is 3. The summed E-state index contributed by atoms with van der Waals surface area (Å²) in [6.07, 6.45) is 3.61. The lowest BCUT2D eigenvalue weighted by atomic mass is 9.98. The summed E-state index contributed by atoms with van der Waals surface area (Å²) in [5, 5.41) is 2.86. The van der Waals surface area contributed by atoms with Gasteiger partial charge in [-0.15, -0.1) is 0 Å². The van der Waals surface area contributed by atoms with E-state index in [1.807, 2.05) is 6.92 Å². The molecule has 1 heterocycles. The third kappa shape index (κ3) is 1.69. The number of hydrogen-bond donors (Lipinski definition) is 2. The molecule has 1 aliphatic heterocycles. The fourth-order valence-electron chi connectivity index (χ4n) is 2.55. The van der Waals surface area contributed by atoms with Crippen LogP contribution in [0.15, 0.2) is 0 Å². The minimum Gasteiger partial charge on any atom is -0.330 e. The number of nitrogens with two attached hydrogens (primary N) is 1. The number of rotatable bonds is 3. The summed E-state index contributed by atoms with van der Waals surface area (Å²) in [5.74, 6) is 0.113. The van der Waals surface area contributed by atoms with Gasteiger partial charge < -0.3 is 11.1 Å². The maximum Gasteiger partial charge on any atom is 0.325 e. The molecule has 5 heteroatoms. The molecular weight excluding hydrogens is 206 g/mol. The number of imide groups is 1. The van der Waals surface area contributed by atoms with E-state index < -0.39 is 5.54 Å². The van der Waals surface area contributed by atoms with Crippen LogP contribution in [0.1, 0.15) is 32.6 Å². The SMILES string of the molecule is CC(CN)CN1C(=O)NC2(CCCC2)C1=O. The van der Waals surface area contributed by atoms with Crippen LogP contribution in [0.25, 0.3) is 0 Å². The Morgan fingerprint density at radius 2 is 2.06 bits per heavy atom. The molecule has 0 radical (unpaired) electrons. The lowest BCUT2D eigenvalue weighted by Crippen LogP contribution is -2.44. The van der Waals surface area contributed by atoms with Gasteiger partial charge in [-0.2, -0.15) is 0 Å². The molecule has 1 unspecified atom stereocenters. The Bertz CT molecular complexity index is 310. The van der Waals surface area contributed by atoms with Gasteiger partial charge in [-0.1, -0.05) is 19.8 Å². The van der Waals surface area contributed by atoms with Crippen molar-refractivity contribution in [1.82, 2.24) is 10.2 Å². The van der Waals surface area contributed by atoms with Crippen molar-refractivity contribution in [3.05, 3.63) is 0 Å². The Hall–Kier alpha value is -1.10. The minimum atomic E-state index is -0.578. The van der Waals surface area contributed by atoms with Crippen LogP contribution in [0.5, 0.6) is 0 Å². The smallest absolute Gasteiger partial charge is 0.325 e. The van der Waals surface area contributed by atoms with Crippen molar-refractivity contribution in [2.24, 2.45) is 11.7 Å². The maximum atomic E-state index is 12.2. The van der Waals surface area contributed by atoms with E-state index in [0.29, 0.717) is 13.1 Å². The van der Waals surface area contributed by atoms with Crippen molar-refractivity contribution in [1.29, 1.82) is 0 Å². The molecule has 0 aromatic heterocycles. The molecule has 1 atom stereocenters. The first-order valence-electron chi connectivity index (χ1n) is 5.93. The first kappa shape index (κ1) is 11.4. The maximum absolute atomic E-state index is 12.2. The van der Waals surface area contributed by atoms with E-state index in [1.54, 1.807) is 0 Å². The van der Waals surface area contributed by atoms with Crippen molar-refractivity contribution in [2.45, 2.75) is 38.1 Å². The molecule has 1 saturated carbocycles. The molecular formula is C11H19N3O2. The van der Waals surface area contributed by atoms with E-state index >= 15 is 0 Å². The molecule has 1 saturated heterocycles. The van der Waals surface area contributed by atoms with Crippen LogP contribution in [0, 0.1) is 5.92 Å². The minimum absolute atomic E-state index is 0.0460. The lowest BCUT2D eigenvalue weighted by Gasteiger charge is -2.21. The van der Waals surface area contributed by atoms with Gasteiger partial charge in [0, 0.05) is 6.54 Å². The molecule has 2 fully saturated rings. The number of nitrogens with one attached hydrogen (secondary N) is 1. The topological polar surface area (TPSA) is 75.4 Å². The fraction of sp³-hybridized carbons (Fsp3) is 0.818. The highest BCUT2D eigenvalue weighted by Crippen LogP contribution is 2.35. The van der Waals surface area contributed by atoms with Crippen LogP contribution < -0.4 is 11.1 Å². The summed E-state index contributed by atoms with van der Waals surface area (Å²) in [6.45, 7) is 2.87. The molecule has 1 spiro atoms. The number of nitrogens with zero attached hydrogens (tertiary/aromatic N) is 1. The van der Waals surface area contributed by atoms with Gasteiger partial charge in [0.05, 0.1) is 0 Å². The van der Waals surface area contributed by atoms with E-state index in [1.165, 1.54) is 4.90 Å².